The summed E-state index contributed by atoms with van der Waals surface area (Å²) in [5.74, 6) is -0.00554. The Kier molecular flexibility index (Phi) is 6.02. The van der Waals surface area contributed by atoms with Gasteiger partial charge in [-0.25, -0.2) is 4.79 Å². The zero-order valence-corrected chi connectivity index (χ0v) is 15.2. The molecule has 1 fully saturated rings. The lowest BCUT2D eigenvalue weighted by Crippen LogP contribution is -2.42. The zero-order valence-electron chi connectivity index (χ0n) is 15.2. The molecule has 0 bridgehead atoms. The van der Waals surface area contributed by atoms with Crippen LogP contribution in [0.3, 0.4) is 0 Å². The fraction of sp³-hybridized carbons (Fsp3) is 0.333. The number of nitrogens with one attached hydrogen (secondary N) is 1. The SMILES string of the molecule is O=C(c1ccccc1)C1CCN(C(=O)Nc2ccc(CC(F)(F)F)cc2)CC1. The van der Waals surface area contributed by atoms with Crippen LogP contribution in [0.1, 0.15) is 28.8 Å². The number of carbonyl (C=O) groups is 2. The standard InChI is InChI=1S/C21H21F3N2O2/c22-21(23,24)14-15-6-8-18(9-7-15)25-20(28)26-12-10-17(11-13-26)19(27)16-4-2-1-3-5-16/h1-9,17H,10-14H2,(H,25,28). The number of amides is 2. The highest BCUT2D eigenvalue weighted by molar-refractivity contribution is 5.98. The smallest absolute Gasteiger partial charge is 0.324 e. The number of halogens is 3. The molecule has 2 amide bonds. The number of Topliss-reactive ketones (excluding diaryl/α,β-unsaturated/α-hetero) is 1. The third kappa shape index (κ3) is 5.34. The molecule has 1 aliphatic heterocycles. The highest BCUT2D eigenvalue weighted by atomic mass is 19.4. The molecule has 1 aliphatic rings. The van der Waals surface area contributed by atoms with E-state index < -0.39 is 12.6 Å². The molecule has 4 nitrogen and oxygen atoms in total. The van der Waals surface area contributed by atoms with Gasteiger partial charge in [0, 0.05) is 30.3 Å². The largest absolute Gasteiger partial charge is 0.393 e. The minimum atomic E-state index is -4.26. The summed E-state index contributed by atoms with van der Waals surface area (Å²) < 4.78 is 37.2. The second-order valence-corrected chi connectivity index (χ2v) is 6.91. The van der Waals surface area contributed by atoms with E-state index in [9.17, 15) is 22.8 Å². The summed E-state index contributed by atoms with van der Waals surface area (Å²) in [5.41, 5.74) is 1.27. The molecule has 1 N–H and O–H groups in total. The van der Waals surface area contributed by atoms with Crippen LogP contribution in [-0.2, 0) is 6.42 Å². The van der Waals surface area contributed by atoms with E-state index in [-0.39, 0.29) is 23.3 Å². The Morgan fingerprint density at radius 3 is 2.14 bits per heavy atom. The maximum atomic E-state index is 12.5. The van der Waals surface area contributed by atoms with E-state index >= 15 is 0 Å². The van der Waals surface area contributed by atoms with Crippen LogP contribution in [-0.4, -0.2) is 36.0 Å². The number of piperidine rings is 1. The van der Waals surface area contributed by atoms with Gasteiger partial charge in [-0.1, -0.05) is 42.5 Å². The van der Waals surface area contributed by atoms with Gasteiger partial charge in [-0.05, 0) is 30.5 Å². The number of hydrogen-bond donors (Lipinski definition) is 1. The molecule has 1 heterocycles. The molecule has 0 radical (unpaired) electrons. The van der Waals surface area contributed by atoms with E-state index in [2.05, 4.69) is 5.32 Å². The van der Waals surface area contributed by atoms with Crippen LogP contribution >= 0.6 is 0 Å². The molecule has 0 aromatic heterocycles. The maximum absolute atomic E-state index is 12.5. The Bertz CT molecular complexity index is 812. The summed E-state index contributed by atoms with van der Waals surface area (Å²) >= 11 is 0. The first kappa shape index (κ1) is 19.9. The fourth-order valence-electron chi connectivity index (χ4n) is 3.32. The fourth-order valence-corrected chi connectivity index (χ4v) is 3.32. The van der Waals surface area contributed by atoms with Crippen molar-refractivity contribution in [2.24, 2.45) is 5.92 Å². The van der Waals surface area contributed by atoms with Crippen LogP contribution in [0.4, 0.5) is 23.7 Å². The summed E-state index contributed by atoms with van der Waals surface area (Å²) in [5, 5.41) is 2.70. The number of anilines is 1. The number of ketones is 1. The highest BCUT2D eigenvalue weighted by Gasteiger charge is 2.29. The molecular weight excluding hydrogens is 369 g/mol. The Morgan fingerprint density at radius 2 is 1.57 bits per heavy atom. The predicted molar refractivity (Wildman–Crippen MR) is 100 cm³/mol. The van der Waals surface area contributed by atoms with Gasteiger partial charge in [0.1, 0.15) is 0 Å². The number of rotatable bonds is 4. The quantitative estimate of drug-likeness (QED) is 0.754. The Hall–Kier alpha value is -2.83. The lowest BCUT2D eigenvalue weighted by atomic mass is 9.89. The second kappa shape index (κ2) is 8.46. The monoisotopic (exact) mass is 390 g/mol. The molecule has 148 valence electrons. The van der Waals surface area contributed by atoms with E-state index in [0.717, 1.165) is 0 Å². The predicted octanol–water partition coefficient (Wildman–Crippen LogP) is 4.92. The van der Waals surface area contributed by atoms with Gasteiger partial charge in [0.2, 0.25) is 0 Å². The van der Waals surface area contributed by atoms with Crippen molar-refractivity contribution in [3.8, 4) is 0 Å². The van der Waals surface area contributed by atoms with Gasteiger partial charge >= 0.3 is 12.2 Å². The number of carbonyl (C=O) groups excluding carboxylic acids is 2. The molecule has 3 rings (SSSR count). The minimum absolute atomic E-state index is 0.0981. The van der Waals surface area contributed by atoms with Crippen molar-refractivity contribution in [2.75, 3.05) is 18.4 Å². The van der Waals surface area contributed by atoms with Gasteiger partial charge in [-0.15, -0.1) is 0 Å². The Balaban J connectivity index is 1.51. The van der Waals surface area contributed by atoms with Crippen LogP contribution in [0.15, 0.2) is 54.6 Å². The number of benzene rings is 2. The first-order chi connectivity index (χ1) is 13.3. The van der Waals surface area contributed by atoms with E-state index in [4.69, 9.17) is 0 Å². The van der Waals surface area contributed by atoms with Crippen LogP contribution in [0, 0.1) is 5.92 Å². The van der Waals surface area contributed by atoms with Crippen molar-refractivity contribution in [1.82, 2.24) is 4.90 Å². The first-order valence-corrected chi connectivity index (χ1v) is 9.13. The third-order valence-electron chi connectivity index (χ3n) is 4.82. The van der Waals surface area contributed by atoms with Crippen molar-refractivity contribution >= 4 is 17.5 Å². The second-order valence-electron chi connectivity index (χ2n) is 6.91. The molecule has 0 spiro atoms. The zero-order chi connectivity index (χ0) is 20.1. The number of likely N-dealkylation sites (tertiary alicyclic amines) is 1. The molecule has 2 aromatic rings. The average molecular weight is 390 g/mol. The van der Waals surface area contributed by atoms with Gasteiger partial charge in [0.15, 0.2) is 5.78 Å². The van der Waals surface area contributed by atoms with Gasteiger partial charge in [-0.3, -0.25) is 4.79 Å². The summed E-state index contributed by atoms with van der Waals surface area (Å²) in [4.78, 5) is 26.5. The number of hydrogen-bond acceptors (Lipinski definition) is 2. The molecule has 7 heteroatoms. The lowest BCUT2D eigenvalue weighted by molar-refractivity contribution is -0.127. The maximum Gasteiger partial charge on any atom is 0.393 e. The van der Waals surface area contributed by atoms with Crippen molar-refractivity contribution < 1.29 is 22.8 Å². The molecule has 2 aromatic carbocycles. The summed E-state index contributed by atoms with van der Waals surface area (Å²) in [7, 11) is 0. The van der Waals surface area contributed by atoms with E-state index in [0.29, 0.717) is 37.2 Å². The average Bonchev–Trinajstić information content (AvgIpc) is 2.68. The van der Waals surface area contributed by atoms with E-state index in [1.165, 1.54) is 24.3 Å². The summed E-state index contributed by atoms with van der Waals surface area (Å²) in [6, 6.07) is 14.4. The van der Waals surface area contributed by atoms with E-state index in [1.54, 1.807) is 17.0 Å². The molecule has 0 atom stereocenters. The summed E-state index contributed by atoms with van der Waals surface area (Å²) in [6.07, 6.45) is -4.08. The Labute approximate surface area is 161 Å². The highest BCUT2D eigenvalue weighted by Crippen LogP contribution is 2.24. The third-order valence-corrected chi connectivity index (χ3v) is 4.82. The normalized spacial score (nSPS) is 15.3. The molecule has 0 unspecified atom stereocenters. The van der Waals surface area contributed by atoms with Crippen LogP contribution < -0.4 is 5.32 Å². The lowest BCUT2D eigenvalue weighted by Gasteiger charge is -2.31. The van der Waals surface area contributed by atoms with Gasteiger partial charge < -0.3 is 10.2 Å². The van der Waals surface area contributed by atoms with Crippen molar-refractivity contribution in [3.63, 3.8) is 0 Å². The molecule has 0 aliphatic carbocycles. The van der Waals surface area contributed by atoms with Crippen LogP contribution in [0.5, 0.6) is 0 Å². The molecular formula is C21H21F3N2O2. The number of nitrogens with zero attached hydrogens (tertiary/aromatic N) is 1. The minimum Gasteiger partial charge on any atom is -0.324 e. The number of urea groups is 1. The van der Waals surface area contributed by atoms with Crippen LogP contribution in [0.2, 0.25) is 0 Å². The Morgan fingerprint density at radius 1 is 0.964 bits per heavy atom. The van der Waals surface area contributed by atoms with Gasteiger partial charge in [0.25, 0.3) is 0 Å². The topological polar surface area (TPSA) is 49.4 Å². The molecule has 0 saturated carbocycles. The first-order valence-electron chi connectivity index (χ1n) is 9.13. The molecule has 1 saturated heterocycles. The molecule has 28 heavy (non-hydrogen) atoms. The van der Waals surface area contributed by atoms with Gasteiger partial charge in [-0.2, -0.15) is 13.2 Å². The summed E-state index contributed by atoms with van der Waals surface area (Å²) in [6.45, 7) is 0.919. The van der Waals surface area contributed by atoms with Crippen LogP contribution in [0.25, 0.3) is 0 Å². The number of alkyl halides is 3. The van der Waals surface area contributed by atoms with Crippen molar-refractivity contribution in [3.05, 3.63) is 65.7 Å². The van der Waals surface area contributed by atoms with Gasteiger partial charge in [0.05, 0.1) is 6.42 Å². The van der Waals surface area contributed by atoms with E-state index in [1.807, 2.05) is 18.2 Å². The van der Waals surface area contributed by atoms with Crippen molar-refractivity contribution in [2.45, 2.75) is 25.4 Å². The van der Waals surface area contributed by atoms with Crippen molar-refractivity contribution in [1.29, 1.82) is 0 Å².